The van der Waals surface area contributed by atoms with Gasteiger partial charge in [-0.25, -0.2) is 4.39 Å². The molecule has 0 bridgehead atoms. The second-order valence-electron chi connectivity index (χ2n) is 2.99. The zero-order valence-corrected chi connectivity index (χ0v) is 8.16. The monoisotopic (exact) mass is 221 g/mol. The first-order valence-electron chi connectivity index (χ1n) is 4.30. The molecule has 16 heavy (non-hydrogen) atoms. The molecule has 3 N–H and O–H groups in total. The average Bonchev–Trinajstić information content (AvgIpc) is 2.18. The van der Waals surface area contributed by atoms with Crippen LogP contribution in [0, 0.1) is 17.7 Å². The SMILES string of the molecule is NC(=O)C#Cc1ccc(F)c(CC(=O)O)c1. The summed E-state index contributed by atoms with van der Waals surface area (Å²) < 4.78 is 13.1. The number of amides is 1. The third-order valence-electron chi connectivity index (χ3n) is 1.72. The Balaban J connectivity index is 3.04. The van der Waals surface area contributed by atoms with Crippen molar-refractivity contribution in [3.63, 3.8) is 0 Å². The van der Waals surface area contributed by atoms with Crippen LogP contribution in [0.25, 0.3) is 0 Å². The summed E-state index contributed by atoms with van der Waals surface area (Å²) in [6.07, 6.45) is -0.433. The first kappa shape index (κ1) is 11.7. The Bertz CT molecular complexity index is 500. The van der Waals surface area contributed by atoms with Gasteiger partial charge in [0.1, 0.15) is 5.82 Å². The predicted molar refractivity (Wildman–Crippen MR) is 53.8 cm³/mol. The Hall–Kier alpha value is -2.35. The third-order valence-corrected chi connectivity index (χ3v) is 1.72. The van der Waals surface area contributed by atoms with E-state index in [0.717, 1.165) is 6.07 Å². The molecular weight excluding hydrogens is 213 g/mol. The summed E-state index contributed by atoms with van der Waals surface area (Å²) in [7, 11) is 0. The third kappa shape index (κ3) is 3.42. The lowest BCUT2D eigenvalue weighted by atomic mass is 10.1. The highest BCUT2D eigenvalue weighted by Crippen LogP contribution is 2.10. The van der Waals surface area contributed by atoms with Crippen LogP contribution in [0.1, 0.15) is 11.1 Å². The summed E-state index contributed by atoms with van der Waals surface area (Å²) in [4.78, 5) is 20.8. The molecule has 0 saturated carbocycles. The van der Waals surface area contributed by atoms with Crippen LogP contribution in [-0.2, 0) is 16.0 Å². The van der Waals surface area contributed by atoms with Crippen molar-refractivity contribution < 1.29 is 19.1 Å². The van der Waals surface area contributed by atoms with Gasteiger partial charge in [0.15, 0.2) is 0 Å². The Morgan fingerprint density at radius 3 is 2.69 bits per heavy atom. The number of hydrogen-bond donors (Lipinski definition) is 2. The number of carbonyl (C=O) groups excluding carboxylic acids is 1. The van der Waals surface area contributed by atoms with Crippen molar-refractivity contribution in [3.8, 4) is 11.8 Å². The molecule has 1 aromatic carbocycles. The highest BCUT2D eigenvalue weighted by molar-refractivity contribution is 5.92. The number of carboxylic acids is 1. The molecule has 82 valence electrons. The van der Waals surface area contributed by atoms with Gasteiger partial charge in [0.05, 0.1) is 6.42 Å². The fourth-order valence-electron chi connectivity index (χ4n) is 1.08. The van der Waals surface area contributed by atoms with Crippen molar-refractivity contribution >= 4 is 11.9 Å². The number of primary amides is 1. The Kier molecular flexibility index (Phi) is 3.62. The van der Waals surface area contributed by atoms with E-state index in [0.29, 0.717) is 5.56 Å². The number of halogens is 1. The van der Waals surface area contributed by atoms with Crippen LogP contribution in [0.2, 0.25) is 0 Å². The number of carbonyl (C=O) groups is 2. The van der Waals surface area contributed by atoms with Crippen LogP contribution < -0.4 is 5.73 Å². The van der Waals surface area contributed by atoms with Gasteiger partial charge >= 0.3 is 5.97 Å². The molecule has 0 saturated heterocycles. The molecule has 0 aromatic heterocycles. The van der Waals surface area contributed by atoms with E-state index in [4.69, 9.17) is 10.8 Å². The molecule has 0 aliphatic heterocycles. The maximum Gasteiger partial charge on any atom is 0.307 e. The minimum absolute atomic E-state index is 0.0174. The van der Waals surface area contributed by atoms with Crippen LogP contribution in [0.4, 0.5) is 4.39 Å². The Morgan fingerprint density at radius 2 is 2.12 bits per heavy atom. The molecular formula is C11H8FNO3. The summed E-state index contributed by atoms with van der Waals surface area (Å²) >= 11 is 0. The summed E-state index contributed by atoms with van der Waals surface area (Å²) in [5.41, 5.74) is 5.17. The number of carboxylic acid groups (broad SMARTS) is 1. The van der Waals surface area contributed by atoms with Gasteiger partial charge in [-0.2, -0.15) is 0 Å². The van der Waals surface area contributed by atoms with Gasteiger partial charge in [0.2, 0.25) is 0 Å². The minimum Gasteiger partial charge on any atom is -0.481 e. The molecule has 0 heterocycles. The van der Waals surface area contributed by atoms with E-state index >= 15 is 0 Å². The van der Waals surface area contributed by atoms with Gasteiger partial charge in [-0.15, -0.1) is 0 Å². The van der Waals surface area contributed by atoms with Crippen molar-refractivity contribution in [2.45, 2.75) is 6.42 Å². The number of benzene rings is 1. The maximum atomic E-state index is 13.1. The fraction of sp³-hybridized carbons (Fsp3) is 0.0909. The molecule has 0 aliphatic rings. The summed E-state index contributed by atoms with van der Waals surface area (Å²) in [5.74, 6) is 1.92. The lowest BCUT2D eigenvalue weighted by Crippen LogP contribution is -2.06. The number of aliphatic carboxylic acids is 1. The van der Waals surface area contributed by atoms with E-state index in [1.807, 2.05) is 0 Å². The zero-order chi connectivity index (χ0) is 12.1. The first-order valence-corrected chi connectivity index (χ1v) is 4.30. The second-order valence-corrected chi connectivity index (χ2v) is 2.99. The van der Waals surface area contributed by atoms with Gasteiger partial charge in [-0.05, 0) is 24.1 Å². The number of nitrogens with two attached hydrogens (primary N) is 1. The van der Waals surface area contributed by atoms with Crippen molar-refractivity contribution in [3.05, 3.63) is 35.1 Å². The lowest BCUT2D eigenvalue weighted by Gasteiger charge is -2.00. The van der Waals surface area contributed by atoms with E-state index < -0.39 is 24.1 Å². The van der Waals surface area contributed by atoms with Gasteiger partial charge in [-0.1, -0.05) is 5.92 Å². The average molecular weight is 221 g/mol. The summed E-state index contributed by atoms with van der Waals surface area (Å²) in [6, 6.07) is 3.72. The van der Waals surface area contributed by atoms with Gasteiger partial charge < -0.3 is 10.8 Å². The van der Waals surface area contributed by atoms with E-state index in [2.05, 4.69) is 11.8 Å². The lowest BCUT2D eigenvalue weighted by molar-refractivity contribution is -0.136. The Labute approximate surface area is 90.9 Å². The quantitative estimate of drug-likeness (QED) is 0.704. The standard InChI is InChI=1S/C11H8FNO3/c12-9-3-1-7(2-4-10(13)14)5-8(9)6-11(15)16/h1,3,5H,6H2,(H2,13,14)(H,15,16). The molecule has 1 rings (SSSR count). The normalized spacial score (nSPS) is 9.06. The van der Waals surface area contributed by atoms with Crippen LogP contribution in [0.3, 0.4) is 0 Å². The molecule has 4 nitrogen and oxygen atoms in total. The molecule has 0 atom stereocenters. The van der Waals surface area contributed by atoms with Crippen LogP contribution in [0.5, 0.6) is 0 Å². The second kappa shape index (κ2) is 4.94. The predicted octanol–water partition coefficient (Wildman–Crippen LogP) is 0.290. The van der Waals surface area contributed by atoms with Gasteiger partial charge in [0, 0.05) is 11.1 Å². The summed E-state index contributed by atoms with van der Waals surface area (Å²) in [5, 5.41) is 8.52. The largest absolute Gasteiger partial charge is 0.481 e. The van der Waals surface area contributed by atoms with Crippen molar-refractivity contribution in [2.75, 3.05) is 0 Å². The molecule has 5 heteroatoms. The van der Waals surface area contributed by atoms with Gasteiger partial charge in [0.25, 0.3) is 5.91 Å². The van der Waals surface area contributed by atoms with Crippen LogP contribution >= 0.6 is 0 Å². The highest BCUT2D eigenvalue weighted by Gasteiger charge is 2.07. The van der Waals surface area contributed by atoms with E-state index in [1.165, 1.54) is 12.1 Å². The van der Waals surface area contributed by atoms with Crippen molar-refractivity contribution in [2.24, 2.45) is 5.73 Å². The maximum absolute atomic E-state index is 13.1. The summed E-state index contributed by atoms with van der Waals surface area (Å²) in [6.45, 7) is 0. The Morgan fingerprint density at radius 1 is 1.44 bits per heavy atom. The minimum atomic E-state index is -1.14. The molecule has 0 radical (unpaired) electrons. The van der Waals surface area contributed by atoms with E-state index in [1.54, 1.807) is 0 Å². The molecule has 0 spiro atoms. The van der Waals surface area contributed by atoms with E-state index in [9.17, 15) is 14.0 Å². The molecule has 1 aromatic rings. The first-order chi connectivity index (χ1) is 7.49. The number of rotatable bonds is 2. The van der Waals surface area contributed by atoms with Gasteiger partial charge in [-0.3, -0.25) is 9.59 Å². The van der Waals surface area contributed by atoms with Crippen LogP contribution in [-0.4, -0.2) is 17.0 Å². The zero-order valence-electron chi connectivity index (χ0n) is 8.16. The highest BCUT2D eigenvalue weighted by atomic mass is 19.1. The van der Waals surface area contributed by atoms with Crippen LogP contribution in [0.15, 0.2) is 18.2 Å². The molecule has 0 unspecified atom stereocenters. The van der Waals surface area contributed by atoms with E-state index in [-0.39, 0.29) is 5.56 Å². The molecule has 1 amide bonds. The smallest absolute Gasteiger partial charge is 0.307 e. The fourth-order valence-corrected chi connectivity index (χ4v) is 1.08. The number of hydrogen-bond acceptors (Lipinski definition) is 2. The molecule has 0 fully saturated rings. The topological polar surface area (TPSA) is 80.4 Å². The molecule has 0 aliphatic carbocycles. The van der Waals surface area contributed by atoms with Crippen molar-refractivity contribution in [1.82, 2.24) is 0 Å². The van der Waals surface area contributed by atoms with Crippen molar-refractivity contribution in [1.29, 1.82) is 0 Å².